The maximum Gasteiger partial charge on any atom is 0.318 e. The lowest BCUT2D eigenvalue weighted by Gasteiger charge is -2.37. The fourth-order valence-electron chi connectivity index (χ4n) is 3.95. The third-order valence-electron chi connectivity index (χ3n) is 5.04. The molecule has 2 fully saturated rings. The number of urea groups is 1. The molecule has 21 heavy (non-hydrogen) atoms. The van der Waals surface area contributed by atoms with Gasteiger partial charge in [-0.25, -0.2) is 4.79 Å². The van der Waals surface area contributed by atoms with Gasteiger partial charge >= 0.3 is 12.0 Å². The molecule has 0 aromatic heterocycles. The van der Waals surface area contributed by atoms with E-state index in [0.29, 0.717) is 12.6 Å². The van der Waals surface area contributed by atoms with Gasteiger partial charge in [0.25, 0.3) is 0 Å². The lowest BCUT2D eigenvalue weighted by molar-refractivity contribution is -0.138. The summed E-state index contributed by atoms with van der Waals surface area (Å²) in [5, 5.41) is 12.2. The molecular weight excluding hydrogens is 268 g/mol. The summed E-state index contributed by atoms with van der Waals surface area (Å²) in [5.74, 6) is -0.821. The summed E-state index contributed by atoms with van der Waals surface area (Å²) < 4.78 is 0. The number of hydrogen-bond acceptors (Lipinski definition) is 2. The Balaban J connectivity index is 2.00. The molecule has 2 N–H and O–H groups in total. The third kappa shape index (κ3) is 4.11. The largest absolute Gasteiger partial charge is 0.481 e. The third-order valence-corrected chi connectivity index (χ3v) is 5.04. The normalized spacial score (nSPS) is 22.0. The Morgan fingerprint density at radius 1 is 1.14 bits per heavy atom. The summed E-state index contributed by atoms with van der Waals surface area (Å²) in [4.78, 5) is 25.7. The van der Waals surface area contributed by atoms with Crippen LogP contribution in [0.5, 0.6) is 0 Å². The van der Waals surface area contributed by atoms with E-state index < -0.39 is 11.5 Å². The molecule has 120 valence electrons. The molecule has 2 aliphatic rings. The number of rotatable bonds is 5. The quantitative estimate of drug-likeness (QED) is 0.819. The fraction of sp³-hybridized carbons (Fsp3) is 0.875. The number of aliphatic carboxylic acids is 1. The molecule has 0 radical (unpaired) electrons. The van der Waals surface area contributed by atoms with Gasteiger partial charge in [0.05, 0.1) is 12.0 Å². The van der Waals surface area contributed by atoms with E-state index >= 15 is 0 Å². The van der Waals surface area contributed by atoms with E-state index in [9.17, 15) is 9.59 Å². The zero-order valence-electron chi connectivity index (χ0n) is 13.1. The second-order valence-corrected chi connectivity index (χ2v) is 6.57. The Morgan fingerprint density at radius 3 is 2.29 bits per heavy atom. The van der Waals surface area contributed by atoms with Gasteiger partial charge in [-0.2, -0.15) is 0 Å². The molecule has 2 amide bonds. The Labute approximate surface area is 127 Å². The van der Waals surface area contributed by atoms with Crippen LogP contribution in [0.15, 0.2) is 0 Å². The van der Waals surface area contributed by atoms with E-state index in [1.165, 1.54) is 19.3 Å². The van der Waals surface area contributed by atoms with Crippen LogP contribution < -0.4 is 5.32 Å². The molecule has 0 aromatic carbocycles. The van der Waals surface area contributed by atoms with Crippen molar-refractivity contribution < 1.29 is 14.7 Å². The van der Waals surface area contributed by atoms with Gasteiger partial charge in [0, 0.05) is 12.6 Å². The summed E-state index contributed by atoms with van der Waals surface area (Å²) >= 11 is 0. The Morgan fingerprint density at radius 2 is 1.76 bits per heavy atom. The van der Waals surface area contributed by atoms with Gasteiger partial charge in [-0.1, -0.05) is 32.1 Å². The van der Waals surface area contributed by atoms with Crippen LogP contribution in [-0.4, -0.2) is 40.1 Å². The number of amides is 2. The van der Waals surface area contributed by atoms with Crippen molar-refractivity contribution in [1.82, 2.24) is 10.2 Å². The van der Waals surface area contributed by atoms with Crippen molar-refractivity contribution in [1.29, 1.82) is 0 Å². The van der Waals surface area contributed by atoms with Crippen LogP contribution >= 0.6 is 0 Å². The lowest BCUT2D eigenvalue weighted by atomic mass is 9.92. The summed E-state index contributed by atoms with van der Waals surface area (Å²) in [7, 11) is 0. The molecule has 0 saturated heterocycles. The first-order valence-electron chi connectivity index (χ1n) is 8.37. The summed E-state index contributed by atoms with van der Waals surface area (Å²) in [6, 6.07) is 0.264. The topological polar surface area (TPSA) is 69.6 Å². The van der Waals surface area contributed by atoms with Gasteiger partial charge in [-0.3, -0.25) is 4.79 Å². The molecule has 0 spiro atoms. The predicted molar refractivity (Wildman–Crippen MR) is 81.2 cm³/mol. The first-order chi connectivity index (χ1) is 10.1. The minimum atomic E-state index is -0.821. The van der Waals surface area contributed by atoms with Crippen molar-refractivity contribution in [2.24, 2.45) is 0 Å². The number of carboxylic acid groups (broad SMARTS) is 1. The minimum absolute atomic E-state index is 0.0426. The Hall–Kier alpha value is -1.26. The Bertz CT molecular complexity index is 372. The average Bonchev–Trinajstić information content (AvgIpc) is 2.88. The van der Waals surface area contributed by atoms with Gasteiger partial charge in [-0.15, -0.1) is 0 Å². The molecule has 2 aliphatic carbocycles. The SMILES string of the molecule is CCN(C(=O)NC1(CC(=O)O)CCCC1)C1CCCCC1. The number of carbonyl (C=O) groups is 2. The van der Waals surface area contributed by atoms with Crippen molar-refractivity contribution >= 4 is 12.0 Å². The first kappa shape index (κ1) is 16.1. The maximum absolute atomic E-state index is 12.6. The molecule has 2 saturated carbocycles. The second kappa shape index (κ2) is 7.14. The molecule has 2 rings (SSSR count). The minimum Gasteiger partial charge on any atom is -0.481 e. The number of nitrogens with zero attached hydrogens (tertiary/aromatic N) is 1. The van der Waals surface area contributed by atoms with E-state index in [2.05, 4.69) is 5.32 Å². The number of carbonyl (C=O) groups excluding carboxylic acids is 1. The molecule has 0 aliphatic heterocycles. The van der Waals surface area contributed by atoms with Gasteiger partial charge in [0.1, 0.15) is 0 Å². The first-order valence-corrected chi connectivity index (χ1v) is 8.37. The maximum atomic E-state index is 12.6. The van der Waals surface area contributed by atoms with Gasteiger partial charge in [0.2, 0.25) is 0 Å². The standard InChI is InChI=1S/C16H28N2O3/c1-2-18(13-8-4-3-5-9-13)15(21)17-16(12-14(19)20)10-6-7-11-16/h13H,2-12H2,1H3,(H,17,21)(H,19,20). The highest BCUT2D eigenvalue weighted by atomic mass is 16.4. The summed E-state index contributed by atoms with van der Waals surface area (Å²) in [6.07, 6.45) is 9.41. The Kier molecular flexibility index (Phi) is 5.48. The van der Waals surface area contributed by atoms with Crippen LogP contribution in [0.1, 0.15) is 71.1 Å². The van der Waals surface area contributed by atoms with Crippen molar-refractivity contribution in [2.75, 3.05) is 6.54 Å². The highest BCUT2D eigenvalue weighted by Gasteiger charge is 2.39. The molecule has 0 unspecified atom stereocenters. The van der Waals surface area contributed by atoms with E-state index in [-0.39, 0.29) is 12.5 Å². The van der Waals surface area contributed by atoms with Crippen LogP contribution in [0.2, 0.25) is 0 Å². The summed E-state index contributed by atoms with van der Waals surface area (Å²) in [5.41, 5.74) is -0.523. The molecule has 0 bridgehead atoms. The molecule has 5 heteroatoms. The van der Waals surface area contributed by atoms with Crippen molar-refractivity contribution in [3.8, 4) is 0 Å². The van der Waals surface area contributed by atoms with E-state index in [1.807, 2.05) is 11.8 Å². The van der Waals surface area contributed by atoms with Crippen molar-refractivity contribution in [2.45, 2.75) is 82.7 Å². The van der Waals surface area contributed by atoms with Crippen LogP contribution in [0.3, 0.4) is 0 Å². The highest BCUT2D eigenvalue weighted by molar-refractivity contribution is 5.77. The molecule has 0 heterocycles. The number of nitrogens with one attached hydrogen (secondary N) is 1. The monoisotopic (exact) mass is 296 g/mol. The molecule has 5 nitrogen and oxygen atoms in total. The molecular formula is C16H28N2O3. The fourth-order valence-corrected chi connectivity index (χ4v) is 3.95. The van der Waals surface area contributed by atoms with Crippen molar-refractivity contribution in [3.05, 3.63) is 0 Å². The zero-order chi connectivity index (χ0) is 15.3. The van der Waals surface area contributed by atoms with Crippen LogP contribution in [0, 0.1) is 0 Å². The highest BCUT2D eigenvalue weighted by Crippen LogP contribution is 2.33. The predicted octanol–water partition coefficient (Wildman–Crippen LogP) is 3.14. The number of hydrogen-bond donors (Lipinski definition) is 2. The van der Waals surface area contributed by atoms with E-state index in [0.717, 1.165) is 38.5 Å². The smallest absolute Gasteiger partial charge is 0.318 e. The van der Waals surface area contributed by atoms with E-state index in [1.54, 1.807) is 0 Å². The van der Waals surface area contributed by atoms with Gasteiger partial charge in [0.15, 0.2) is 0 Å². The molecule has 0 aromatic rings. The summed E-state index contributed by atoms with van der Waals surface area (Å²) in [6.45, 7) is 2.70. The van der Waals surface area contributed by atoms with Crippen LogP contribution in [-0.2, 0) is 4.79 Å². The second-order valence-electron chi connectivity index (χ2n) is 6.57. The average molecular weight is 296 g/mol. The number of carboxylic acids is 1. The van der Waals surface area contributed by atoms with Crippen molar-refractivity contribution in [3.63, 3.8) is 0 Å². The van der Waals surface area contributed by atoms with Crippen LogP contribution in [0.25, 0.3) is 0 Å². The van der Waals surface area contributed by atoms with Gasteiger partial charge in [-0.05, 0) is 32.6 Å². The zero-order valence-corrected chi connectivity index (χ0v) is 13.1. The lowest BCUT2D eigenvalue weighted by Crippen LogP contribution is -2.55. The molecule has 0 atom stereocenters. The van der Waals surface area contributed by atoms with E-state index in [4.69, 9.17) is 5.11 Å². The van der Waals surface area contributed by atoms with Gasteiger partial charge < -0.3 is 15.3 Å². The van der Waals surface area contributed by atoms with Crippen LogP contribution in [0.4, 0.5) is 4.79 Å².